The second kappa shape index (κ2) is 10.3. The maximum atomic E-state index is 12.6. The summed E-state index contributed by atoms with van der Waals surface area (Å²) in [6, 6.07) is 14.4. The van der Waals surface area contributed by atoms with Crippen LogP contribution in [0.2, 0.25) is 0 Å². The number of hydrogen-bond acceptors (Lipinski definition) is 5. The standard InChI is InChI=1S/C22H25NO6/c1-14(2)19(23-22(27)28-13-16-7-5-4-6-8-16)21(26)29-15(3)17-9-11-18(12-10-17)20(24)25/h4-12,14-15,19H,13H2,1-3H3,(H,23,27)(H,24,25)/t15?,19-/m0/s1. The molecular weight excluding hydrogens is 374 g/mol. The minimum absolute atomic E-state index is 0.0961. The van der Waals surface area contributed by atoms with Gasteiger partial charge in [0.15, 0.2) is 0 Å². The van der Waals surface area contributed by atoms with Crippen LogP contribution in [-0.2, 0) is 20.9 Å². The summed E-state index contributed by atoms with van der Waals surface area (Å²) in [5.41, 5.74) is 1.64. The molecule has 2 N–H and O–H groups in total. The van der Waals surface area contributed by atoms with Gasteiger partial charge in [-0.3, -0.25) is 0 Å². The number of amides is 1. The van der Waals surface area contributed by atoms with Crippen molar-refractivity contribution in [3.8, 4) is 0 Å². The van der Waals surface area contributed by atoms with Gasteiger partial charge in [-0.25, -0.2) is 14.4 Å². The van der Waals surface area contributed by atoms with Gasteiger partial charge in [-0.1, -0.05) is 56.3 Å². The van der Waals surface area contributed by atoms with Crippen molar-refractivity contribution in [1.82, 2.24) is 5.32 Å². The number of benzene rings is 2. The van der Waals surface area contributed by atoms with Crippen molar-refractivity contribution in [2.75, 3.05) is 0 Å². The number of aromatic carboxylic acids is 1. The Bertz CT molecular complexity index is 832. The molecule has 29 heavy (non-hydrogen) atoms. The lowest BCUT2D eigenvalue weighted by Gasteiger charge is -2.23. The Labute approximate surface area is 169 Å². The molecule has 2 atom stereocenters. The quantitative estimate of drug-likeness (QED) is 0.652. The molecular formula is C22H25NO6. The van der Waals surface area contributed by atoms with Crippen LogP contribution in [0, 0.1) is 5.92 Å². The summed E-state index contributed by atoms with van der Waals surface area (Å²) in [6.07, 6.45) is -1.31. The summed E-state index contributed by atoms with van der Waals surface area (Å²) in [7, 11) is 0. The fourth-order valence-corrected chi connectivity index (χ4v) is 2.60. The van der Waals surface area contributed by atoms with E-state index in [1.165, 1.54) is 12.1 Å². The number of carboxylic acid groups (broad SMARTS) is 1. The minimum atomic E-state index is -1.03. The summed E-state index contributed by atoms with van der Waals surface area (Å²) < 4.78 is 10.6. The second-order valence-electron chi connectivity index (χ2n) is 6.93. The van der Waals surface area contributed by atoms with Crippen molar-refractivity contribution in [1.29, 1.82) is 0 Å². The highest BCUT2D eigenvalue weighted by Gasteiger charge is 2.28. The van der Waals surface area contributed by atoms with Crippen LogP contribution in [0.4, 0.5) is 4.79 Å². The zero-order valence-corrected chi connectivity index (χ0v) is 16.6. The third kappa shape index (κ3) is 6.64. The van der Waals surface area contributed by atoms with Crippen molar-refractivity contribution in [3.05, 3.63) is 71.3 Å². The predicted molar refractivity (Wildman–Crippen MR) is 106 cm³/mol. The van der Waals surface area contributed by atoms with Gasteiger partial charge in [-0.2, -0.15) is 0 Å². The van der Waals surface area contributed by atoms with E-state index in [4.69, 9.17) is 14.6 Å². The average Bonchev–Trinajstić information content (AvgIpc) is 2.70. The fraction of sp³-hybridized carbons (Fsp3) is 0.318. The number of nitrogens with one attached hydrogen (secondary N) is 1. The Balaban J connectivity index is 1.93. The normalized spacial score (nSPS) is 12.7. The molecule has 7 heteroatoms. The molecule has 0 spiro atoms. The van der Waals surface area contributed by atoms with Gasteiger partial charge in [0.2, 0.25) is 0 Å². The van der Waals surface area contributed by atoms with E-state index in [1.807, 2.05) is 30.3 Å². The lowest BCUT2D eigenvalue weighted by Crippen LogP contribution is -2.45. The van der Waals surface area contributed by atoms with Gasteiger partial charge in [0.25, 0.3) is 0 Å². The number of carbonyl (C=O) groups is 3. The summed E-state index contributed by atoms with van der Waals surface area (Å²) in [4.78, 5) is 35.6. The zero-order chi connectivity index (χ0) is 21.4. The van der Waals surface area contributed by atoms with Gasteiger partial charge in [0.1, 0.15) is 18.8 Å². The Morgan fingerprint density at radius 2 is 1.59 bits per heavy atom. The highest BCUT2D eigenvalue weighted by molar-refractivity contribution is 5.87. The SMILES string of the molecule is CC(OC(=O)[C@@H](NC(=O)OCc1ccccc1)C(C)C)c1ccc(C(=O)O)cc1. The number of carbonyl (C=O) groups excluding carboxylic acids is 2. The maximum absolute atomic E-state index is 12.6. The Kier molecular flexibility index (Phi) is 7.77. The first-order valence-electron chi connectivity index (χ1n) is 9.29. The van der Waals surface area contributed by atoms with E-state index in [-0.39, 0.29) is 18.1 Å². The van der Waals surface area contributed by atoms with Crippen LogP contribution in [0.25, 0.3) is 0 Å². The first kappa shape index (κ1) is 21.9. The summed E-state index contributed by atoms with van der Waals surface area (Å²) in [5.74, 6) is -1.83. The van der Waals surface area contributed by atoms with Crippen molar-refractivity contribution in [2.24, 2.45) is 5.92 Å². The van der Waals surface area contributed by atoms with Crippen LogP contribution in [0.5, 0.6) is 0 Å². The number of rotatable bonds is 8. The minimum Gasteiger partial charge on any atom is -0.478 e. The summed E-state index contributed by atoms with van der Waals surface area (Å²) in [5, 5.41) is 11.5. The van der Waals surface area contributed by atoms with Gasteiger partial charge in [0, 0.05) is 0 Å². The van der Waals surface area contributed by atoms with Crippen LogP contribution in [0.1, 0.15) is 48.4 Å². The molecule has 154 valence electrons. The molecule has 2 rings (SSSR count). The summed E-state index contributed by atoms with van der Waals surface area (Å²) in [6.45, 7) is 5.35. The smallest absolute Gasteiger partial charge is 0.408 e. The first-order chi connectivity index (χ1) is 13.8. The molecule has 2 aromatic carbocycles. The van der Waals surface area contributed by atoms with E-state index in [0.29, 0.717) is 5.56 Å². The van der Waals surface area contributed by atoms with Crippen LogP contribution in [0.3, 0.4) is 0 Å². The van der Waals surface area contributed by atoms with Gasteiger partial charge in [0.05, 0.1) is 5.56 Å². The lowest BCUT2D eigenvalue weighted by atomic mass is 10.0. The molecule has 0 radical (unpaired) electrons. The number of esters is 1. The first-order valence-corrected chi connectivity index (χ1v) is 9.29. The van der Waals surface area contributed by atoms with Gasteiger partial charge < -0.3 is 19.9 Å². The molecule has 0 aliphatic rings. The van der Waals surface area contributed by atoms with E-state index in [9.17, 15) is 14.4 Å². The molecule has 0 heterocycles. The van der Waals surface area contributed by atoms with E-state index >= 15 is 0 Å². The topological polar surface area (TPSA) is 102 Å². The molecule has 7 nitrogen and oxygen atoms in total. The van der Waals surface area contributed by atoms with Gasteiger partial charge >= 0.3 is 18.0 Å². The summed E-state index contributed by atoms with van der Waals surface area (Å²) >= 11 is 0. The van der Waals surface area contributed by atoms with Crippen LogP contribution < -0.4 is 5.32 Å². The van der Waals surface area contributed by atoms with Crippen LogP contribution in [0.15, 0.2) is 54.6 Å². The Hall–Kier alpha value is -3.35. The molecule has 0 saturated carbocycles. The molecule has 0 aliphatic heterocycles. The highest BCUT2D eigenvalue weighted by atomic mass is 16.6. The molecule has 0 aromatic heterocycles. The molecule has 0 fully saturated rings. The maximum Gasteiger partial charge on any atom is 0.408 e. The van der Waals surface area contributed by atoms with E-state index in [0.717, 1.165) is 5.56 Å². The van der Waals surface area contributed by atoms with E-state index in [1.54, 1.807) is 32.9 Å². The molecule has 1 unspecified atom stereocenters. The lowest BCUT2D eigenvalue weighted by molar-refractivity contribution is -0.152. The van der Waals surface area contributed by atoms with Crippen molar-refractivity contribution in [3.63, 3.8) is 0 Å². The largest absolute Gasteiger partial charge is 0.478 e. The predicted octanol–water partition coefficient (Wildman–Crippen LogP) is 3.94. The van der Waals surface area contributed by atoms with Crippen molar-refractivity contribution in [2.45, 2.75) is 39.5 Å². The van der Waals surface area contributed by atoms with E-state index < -0.39 is 30.2 Å². The number of hydrogen-bond donors (Lipinski definition) is 2. The van der Waals surface area contributed by atoms with Gasteiger partial charge in [-0.15, -0.1) is 0 Å². The zero-order valence-electron chi connectivity index (χ0n) is 16.6. The second-order valence-corrected chi connectivity index (χ2v) is 6.93. The highest BCUT2D eigenvalue weighted by Crippen LogP contribution is 2.19. The van der Waals surface area contributed by atoms with E-state index in [2.05, 4.69) is 5.32 Å². The molecule has 2 aromatic rings. The van der Waals surface area contributed by atoms with Crippen molar-refractivity contribution < 1.29 is 29.0 Å². The molecule has 0 saturated heterocycles. The molecule has 0 aliphatic carbocycles. The average molecular weight is 399 g/mol. The third-order valence-electron chi connectivity index (χ3n) is 4.33. The van der Waals surface area contributed by atoms with Crippen molar-refractivity contribution >= 4 is 18.0 Å². The number of ether oxygens (including phenoxy) is 2. The van der Waals surface area contributed by atoms with Gasteiger partial charge in [-0.05, 0) is 36.1 Å². The Morgan fingerprint density at radius 3 is 2.14 bits per heavy atom. The monoisotopic (exact) mass is 399 g/mol. The number of carboxylic acids is 1. The Morgan fingerprint density at radius 1 is 0.966 bits per heavy atom. The fourth-order valence-electron chi connectivity index (χ4n) is 2.60. The molecule has 1 amide bonds. The molecule has 0 bridgehead atoms. The van der Waals surface area contributed by atoms with Crippen LogP contribution >= 0.6 is 0 Å². The third-order valence-corrected chi connectivity index (χ3v) is 4.33. The van der Waals surface area contributed by atoms with Crippen LogP contribution in [-0.4, -0.2) is 29.2 Å². The number of alkyl carbamates (subject to hydrolysis) is 1.